The Balaban J connectivity index is 1.24. The molecule has 6 nitrogen and oxygen atoms in total. The Kier molecular flexibility index (Phi) is 6.55. The zero-order valence-electron chi connectivity index (χ0n) is 17.6. The number of nitrogens with zero attached hydrogens (tertiary/aromatic N) is 4. The molecule has 0 radical (unpaired) electrons. The van der Waals surface area contributed by atoms with E-state index in [0.717, 1.165) is 83.8 Å². The van der Waals surface area contributed by atoms with Crippen LogP contribution in [-0.4, -0.2) is 87.9 Å². The Labute approximate surface area is 173 Å². The Morgan fingerprint density at radius 1 is 1.14 bits per heavy atom. The first kappa shape index (κ1) is 20.4. The lowest BCUT2D eigenvalue weighted by Gasteiger charge is -2.36. The molecule has 1 atom stereocenters. The number of rotatable bonds is 5. The maximum absolute atomic E-state index is 13.1. The summed E-state index contributed by atoms with van der Waals surface area (Å²) < 4.78 is 18.8. The van der Waals surface area contributed by atoms with Gasteiger partial charge in [-0.05, 0) is 44.0 Å². The van der Waals surface area contributed by atoms with Gasteiger partial charge in [0.1, 0.15) is 5.82 Å². The smallest absolute Gasteiger partial charge is 0.193 e. The van der Waals surface area contributed by atoms with Crippen molar-refractivity contribution in [3.05, 3.63) is 30.1 Å². The molecule has 1 aromatic carbocycles. The van der Waals surface area contributed by atoms with Gasteiger partial charge < -0.3 is 19.9 Å². The van der Waals surface area contributed by atoms with E-state index in [1.54, 1.807) is 12.1 Å². The monoisotopic (exact) mass is 403 g/mol. The fourth-order valence-electron chi connectivity index (χ4n) is 4.69. The highest BCUT2D eigenvalue weighted by Gasteiger charge is 2.42. The standard InChI is InChI=1S/C22H34FN5O/c1-2-24-21(28-10-7-22(17-28)8-16-29-18-22)25-9-11-26-12-14-27(15-13-26)20-5-3-19(23)4-6-20/h3-6H,2,7-18H2,1H3,(H,24,25). The fraction of sp³-hybridized carbons (Fsp3) is 0.682. The van der Waals surface area contributed by atoms with Crippen molar-refractivity contribution in [2.45, 2.75) is 19.8 Å². The molecule has 3 aliphatic rings. The Morgan fingerprint density at radius 2 is 1.93 bits per heavy atom. The molecule has 0 bridgehead atoms. The van der Waals surface area contributed by atoms with Gasteiger partial charge >= 0.3 is 0 Å². The van der Waals surface area contributed by atoms with Crippen LogP contribution in [0.2, 0.25) is 0 Å². The van der Waals surface area contributed by atoms with Crippen LogP contribution in [0.1, 0.15) is 19.8 Å². The third-order valence-corrected chi connectivity index (χ3v) is 6.50. The number of aliphatic imine (C=N–C) groups is 1. The second-order valence-corrected chi connectivity index (χ2v) is 8.51. The lowest BCUT2D eigenvalue weighted by molar-refractivity contribution is 0.156. The first-order chi connectivity index (χ1) is 14.2. The van der Waals surface area contributed by atoms with Crippen molar-refractivity contribution in [1.82, 2.24) is 15.1 Å². The van der Waals surface area contributed by atoms with Gasteiger partial charge in [-0.25, -0.2) is 4.39 Å². The first-order valence-corrected chi connectivity index (χ1v) is 11.0. The van der Waals surface area contributed by atoms with E-state index in [9.17, 15) is 4.39 Å². The van der Waals surface area contributed by atoms with Gasteiger partial charge in [0, 0.05) is 70.1 Å². The molecule has 7 heteroatoms. The van der Waals surface area contributed by atoms with Gasteiger partial charge in [-0.3, -0.25) is 9.89 Å². The van der Waals surface area contributed by atoms with E-state index in [1.165, 1.54) is 12.8 Å². The van der Waals surface area contributed by atoms with Crippen molar-refractivity contribution in [1.29, 1.82) is 0 Å². The quantitative estimate of drug-likeness (QED) is 0.602. The van der Waals surface area contributed by atoms with E-state index >= 15 is 0 Å². The fourth-order valence-corrected chi connectivity index (χ4v) is 4.69. The molecule has 0 aromatic heterocycles. The first-order valence-electron chi connectivity index (χ1n) is 11.0. The molecule has 4 rings (SSSR count). The molecular weight excluding hydrogens is 369 g/mol. The van der Waals surface area contributed by atoms with Crippen LogP contribution in [0.25, 0.3) is 0 Å². The zero-order valence-corrected chi connectivity index (χ0v) is 17.6. The number of benzene rings is 1. The molecule has 3 fully saturated rings. The van der Waals surface area contributed by atoms with Crippen molar-refractivity contribution in [3.8, 4) is 0 Å². The number of hydrogen-bond donors (Lipinski definition) is 1. The highest BCUT2D eigenvalue weighted by Crippen LogP contribution is 2.38. The van der Waals surface area contributed by atoms with Crippen LogP contribution in [0.4, 0.5) is 10.1 Å². The summed E-state index contributed by atoms with van der Waals surface area (Å²) in [5.74, 6) is 0.882. The number of piperazine rings is 1. The average molecular weight is 404 g/mol. The molecule has 3 aliphatic heterocycles. The summed E-state index contributed by atoms with van der Waals surface area (Å²) in [7, 11) is 0. The van der Waals surface area contributed by atoms with Crippen molar-refractivity contribution >= 4 is 11.6 Å². The highest BCUT2D eigenvalue weighted by molar-refractivity contribution is 5.80. The number of anilines is 1. The maximum Gasteiger partial charge on any atom is 0.193 e. The van der Waals surface area contributed by atoms with E-state index in [-0.39, 0.29) is 5.82 Å². The summed E-state index contributed by atoms with van der Waals surface area (Å²) in [6.45, 7) is 12.8. The van der Waals surface area contributed by atoms with Gasteiger partial charge in [0.05, 0.1) is 13.2 Å². The molecule has 3 saturated heterocycles. The Bertz CT molecular complexity index is 681. The van der Waals surface area contributed by atoms with E-state index in [2.05, 4.69) is 26.9 Å². The van der Waals surface area contributed by atoms with E-state index in [0.29, 0.717) is 5.41 Å². The van der Waals surface area contributed by atoms with Gasteiger partial charge in [-0.1, -0.05) is 0 Å². The molecule has 0 amide bonds. The Hall–Kier alpha value is -1.86. The van der Waals surface area contributed by atoms with Gasteiger partial charge in [0.15, 0.2) is 5.96 Å². The van der Waals surface area contributed by atoms with E-state index in [4.69, 9.17) is 9.73 Å². The summed E-state index contributed by atoms with van der Waals surface area (Å²) >= 11 is 0. The van der Waals surface area contributed by atoms with Crippen LogP contribution in [0.5, 0.6) is 0 Å². The minimum Gasteiger partial charge on any atom is -0.381 e. The SMILES string of the molecule is CCNC(=NCCN1CCN(c2ccc(F)cc2)CC1)N1CCC2(CCOC2)C1. The van der Waals surface area contributed by atoms with Crippen molar-refractivity contribution in [2.24, 2.45) is 10.4 Å². The zero-order chi connectivity index (χ0) is 20.1. The predicted molar refractivity (Wildman–Crippen MR) is 115 cm³/mol. The largest absolute Gasteiger partial charge is 0.381 e. The molecule has 1 unspecified atom stereocenters. The molecular formula is C22H34FN5O. The highest BCUT2D eigenvalue weighted by atomic mass is 19.1. The van der Waals surface area contributed by atoms with E-state index in [1.807, 2.05) is 12.1 Å². The van der Waals surface area contributed by atoms with Crippen molar-refractivity contribution in [3.63, 3.8) is 0 Å². The molecule has 1 N–H and O–H groups in total. The third kappa shape index (κ3) is 5.01. The predicted octanol–water partition coefficient (Wildman–Crippen LogP) is 2.03. The second kappa shape index (κ2) is 9.30. The summed E-state index contributed by atoms with van der Waals surface area (Å²) in [5, 5.41) is 3.48. The number of ether oxygens (including phenoxy) is 1. The number of likely N-dealkylation sites (tertiary alicyclic amines) is 1. The van der Waals surface area contributed by atoms with Crippen LogP contribution < -0.4 is 10.2 Å². The van der Waals surface area contributed by atoms with Crippen molar-refractivity contribution in [2.75, 3.05) is 77.0 Å². The number of hydrogen-bond acceptors (Lipinski definition) is 4. The normalized spacial score (nSPS) is 25.9. The topological polar surface area (TPSA) is 43.3 Å². The summed E-state index contributed by atoms with van der Waals surface area (Å²) in [6.07, 6.45) is 2.39. The Morgan fingerprint density at radius 3 is 2.62 bits per heavy atom. The van der Waals surface area contributed by atoms with Gasteiger partial charge in [-0.15, -0.1) is 0 Å². The lowest BCUT2D eigenvalue weighted by atomic mass is 9.87. The number of halogens is 1. The van der Waals surface area contributed by atoms with Crippen LogP contribution >= 0.6 is 0 Å². The molecule has 0 saturated carbocycles. The summed E-state index contributed by atoms with van der Waals surface area (Å²) in [6, 6.07) is 6.82. The molecule has 3 heterocycles. The summed E-state index contributed by atoms with van der Waals surface area (Å²) in [5.41, 5.74) is 1.46. The second-order valence-electron chi connectivity index (χ2n) is 8.51. The summed E-state index contributed by atoms with van der Waals surface area (Å²) in [4.78, 5) is 12.2. The minimum absolute atomic E-state index is 0.175. The minimum atomic E-state index is -0.175. The van der Waals surface area contributed by atoms with Gasteiger partial charge in [0.2, 0.25) is 0 Å². The van der Waals surface area contributed by atoms with Crippen molar-refractivity contribution < 1.29 is 9.13 Å². The van der Waals surface area contributed by atoms with Crippen LogP contribution in [0.15, 0.2) is 29.3 Å². The van der Waals surface area contributed by atoms with Crippen LogP contribution in [-0.2, 0) is 4.74 Å². The molecule has 0 aliphatic carbocycles. The van der Waals surface area contributed by atoms with Gasteiger partial charge in [-0.2, -0.15) is 0 Å². The van der Waals surface area contributed by atoms with E-state index < -0.39 is 0 Å². The number of guanidine groups is 1. The average Bonchev–Trinajstić information content (AvgIpc) is 3.38. The molecule has 160 valence electrons. The lowest BCUT2D eigenvalue weighted by Crippen LogP contribution is -2.47. The van der Waals surface area contributed by atoms with Gasteiger partial charge in [0.25, 0.3) is 0 Å². The van der Waals surface area contributed by atoms with Crippen LogP contribution in [0, 0.1) is 11.2 Å². The maximum atomic E-state index is 13.1. The molecule has 1 spiro atoms. The third-order valence-electron chi connectivity index (χ3n) is 6.50. The molecule has 29 heavy (non-hydrogen) atoms. The number of nitrogens with one attached hydrogen (secondary N) is 1. The molecule has 1 aromatic rings. The van der Waals surface area contributed by atoms with Crippen LogP contribution in [0.3, 0.4) is 0 Å².